The Bertz CT molecular complexity index is 961. The molecular weight excluding hydrogens is 428 g/mol. The van der Waals surface area contributed by atoms with Crippen LogP contribution >= 0.6 is 0 Å². The Morgan fingerprint density at radius 2 is 1.76 bits per heavy atom. The monoisotopic (exact) mass is 468 g/mol. The first-order valence-electron chi connectivity index (χ1n) is 12.5. The van der Waals surface area contributed by atoms with Crippen LogP contribution in [0.2, 0.25) is 0 Å². The van der Waals surface area contributed by atoms with Crippen LogP contribution in [0.4, 0.5) is 0 Å². The quantitative estimate of drug-likeness (QED) is 0.607. The number of nitrogens with zero attached hydrogens (tertiary/aromatic N) is 2. The summed E-state index contributed by atoms with van der Waals surface area (Å²) in [5.41, 5.74) is 2.76. The number of rotatable bonds is 6. The van der Waals surface area contributed by atoms with Gasteiger partial charge in [0.05, 0.1) is 12.7 Å². The van der Waals surface area contributed by atoms with Crippen molar-refractivity contribution in [2.45, 2.75) is 58.2 Å². The van der Waals surface area contributed by atoms with Gasteiger partial charge in [-0.15, -0.1) is 0 Å². The molecule has 4 rings (SSSR count). The summed E-state index contributed by atoms with van der Waals surface area (Å²) in [7, 11) is 3.43. The topological polar surface area (TPSA) is 51.2 Å². The minimum atomic E-state index is -0.299. The van der Waals surface area contributed by atoms with Gasteiger partial charge in [-0.25, -0.2) is 0 Å². The van der Waals surface area contributed by atoms with Gasteiger partial charge in [0.1, 0.15) is 17.1 Å². The van der Waals surface area contributed by atoms with E-state index in [1.54, 1.807) is 14.2 Å². The van der Waals surface area contributed by atoms with E-state index < -0.39 is 0 Å². The molecule has 2 fully saturated rings. The molecule has 2 heterocycles. The first-order chi connectivity index (χ1) is 16.2. The molecule has 1 aromatic rings. The maximum Gasteiger partial charge on any atom is 0.253 e. The molecule has 0 N–H and O–H groups in total. The highest BCUT2D eigenvalue weighted by molar-refractivity contribution is 5.94. The summed E-state index contributed by atoms with van der Waals surface area (Å²) in [6.45, 7) is 13.0. The van der Waals surface area contributed by atoms with E-state index in [9.17, 15) is 4.79 Å². The van der Waals surface area contributed by atoms with Gasteiger partial charge in [-0.2, -0.15) is 0 Å². The highest BCUT2D eigenvalue weighted by Gasteiger charge is 2.46. The van der Waals surface area contributed by atoms with Crippen LogP contribution < -0.4 is 4.74 Å². The zero-order valence-corrected chi connectivity index (χ0v) is 21.6. The normalized spacial score (nSPS) is 29.9. The predicted octanol–water partition coefficient (Wildman–Crippen LogP) is 4.67. The van der Waals surface area contributed by atoms with Crippen molar-refractivity contribution < 1.29 is 19.0 Å². The maximum absolute atomic E-state index is 12.9. The van der Waals surface area contributed by atoms with Gasteiger partial charge in [-0.05, 0) is 88.4 Å². The van der Waals surface area contributed by atoms with E-state index in [2.05, 4.69) is 38.7 Å². The van der Waals surface area contributed by atoms with Crippen LogP contribution in [0.25, 0.3) is 0 Å². The standard InChI is InChI=1S/C28H40N2O4/c1-20-19-28(4,33-6)24-11-12-27(3,34-25(24)21(20)2)13-14-29-15-17-30(18-16-29)26(31)22-7-9-23(32-5)10-8-22/h7-10,19,24H,11-18H2,1-6H3. The number of ether oxygens (including phenoxy) is 3. The molecule has 0 spiro atoms. The SMILES string of the molecule is COc1ccc(C(=O)N2CCN(CCC3(C)CCC4C(=C(C)C(C)=CC4(C)OC)O3)CC2)cc1. The lowest BCUT2D eigenvalue weighted by atomic mass is 9.72. The van der Waals surface area contributed by atoms with Crippen LogP contribution in [-0.2, 0) is 9.47 Å². The Kier molecular flexibility index (Phi) is 7.11. The number of hydrogen-bond acceptors (Lipinski definition) is 5. The zero-order valence-electron chi connectivity index (χ0n) is 21.6. The fraction of sp³-hybridized carbons (Fsp3) is 0.607. The van der Waals surface area contributed by atoms with Crippen molar-refractivity contribution in [2.24, 2.45) is 5.92 Å². The Morgan fingerprint density at radius 3 is 2.38 bits per heavy atom. The van der Waals surface area contributed by atoms with Gasteiger partial charge in [0.2, 0.25) is 0 Å². The van der Waals surface area contributed by atoms with Gasteiger partial charge < -0.3 is 19.1 Å². The summed E-state index contributed by atoms with van der Waals surface area (Å²) in [4.78, 5) is 17.3. The van der Waals surface area contributed by atoms with Crippen LogP contribution in [-0.4, -0.2) is 73.9 Å². The molecule has 3 aliphatic rings. The van der Waals surface area contributed by atoms with Crippen molar-refractivity contribution in [3.63, 3.8) is 0 Å². The lowest BCUT2D eigenvalue weighted by molar-refractivity contribution is -0.0983. The fourth-order valence-electron chi connectivity index (χ4n) is 5.55. The second-order valence-electron chi connectivity index (χ2n) is 10.5. The number of fused-ring (bicyclic) bond motifs is 1. The summed E-state index contributed by atoms with van der Waals surface area (Å²) in [6.07, 6.45) is 5.34. The summed E-state index contributed by atoms with van der Waals surface area (Å²) in [5, 5.41) is 0. The number of benzene rings is 1. The molecule has 0 bridgehead atoms. The Labute approximate surface area is 204 Å². The van der Waals surface area contributed by atoms with Crippen LogP contribution in [0.15, 0.2) is 47.2 Å². The fourth-order valence-corrected chi connectivity index (χ4v) is 5.55. The van der Waals surface area contributed by atoms with Crippen molar-refractivity contribution in [2.75, 3.05) is 46.9 Å². The predicted molar refractivity (Wildman–Crippen MR) is 134 cm³/mol. The Balaban J connectivity index is 1.31. The van der Waals surface area contributed by atoms with Crippen molar-refractivity contribution >= 4 is 5.91 Å². The zero-order chi connectivity index (χ0) is 24.5. The van der Waals surface area contributed by atoms with Crippen molar-refractivity contribution in [1.29, 1.82) is 0 Å². The van der Waals surface area contributed by atoms with Gasteiger partial charge in [0, 0.05) is 51.3 Å². The lowest BCUT2D eigenvalue weighted by Gasteiger charge is -2.48. The second-order valence-corrected chi connectivity index (χ2v) is 10.5. The summed E-state index contributed by atoms with van der Waals surface area (Å²) < 4.78 is 17.9. The molecule has 0 radical (unpaired) electrons. The van der Waals surface area contributed by atoms with Gasteiger partial charge in [0.25, 0.3) is 5.91 Å². The van der Waals surface area contributed by atoms with Crippen LogP contribution in [0.3, 0.4) is 0 Å². The number of carbonyl (C=O) groups excluding carboxylic acids is 1. The highest BCUT2D eigenvalue weighted by atomic mass is 16.5. The number of amides is 1. The highest BCUT2D eigenvalue weighted by Crippen LogP contribution is 2.48. The Hall–Kier alpha value is -2.31. The van der Waals surface area contributed by atoms with Crippen molar-refractivity contribution in [3.8, 4) is 5.75 Å². The van der Waals surface area contributed by atoms with E-state index in [-0.39, 0.29) is 23.0 Å². The number of allylic oxidation sites excluding steroid dienone is 2. The maximum atomic E-state index is 12.9. The van der Waals surface area contributed by atoms with Gasteiger partial charge in [0.15, 0.2) is 0 Å². The van der Waals surface area contributed by atoms with E-state index in [0.717, 1.165) is 69.1 Å². The lowest BCUT2D eigenvalue weighted by Crippen LogP contribution is -2.51. The summed E-state index contributed by atoms with van der Waals surface area (Å²) in [6, 6.07) is 7.37. The minimum Gasteiger partial charge on any atom is -0.497 e. The molecule has 6 heteroatoms. The van der Waals surface area contributed by atoms with E-state index in [1.807, 2.05) is 29.2 Å². The first kappa shape index (κ1) is 24.8. The van der Waals surface area contributed by atoms with Gasteiger partial charge >= 0.3 is 0 Å². The van der Waals surface area contributed by atoms with Gasteiger partial charge in [-0.3, -0.25) is 9.69 Å². The average molecular weight is 469 g/mol. The molecule has 1 aromatic carbocycles. The molecule has 6 nitrogen and oxygen atoms in total. The molecule has 1 amide bonds. The third kappa shape index (κ3) is 4.89. The number of methoxy groups -OCH3 is 2. The molecule has 3 atom stereocenters. The smallest absolute Gasteiger partial charge is 0.253 e. The molecule has 0 saturated carbocycles. The first-order valence-corrected chi connectivity index (χ1v) is 12.5. The second kappa shape index (κ2) is 9.74. The van der Waals surface area contributed by atoms with Crippen LogP contribution in [0, 0.1) is 5.92 Å². The molecule has 3 unspecified atom stereocenters. The summed E-state index contributed by atoms with van der Waals surface area (Å²) in [5.74, 6) is 2.26. The van der Waals surface area contributed by atoms with E-state index in [1.165, 1.54) is 11.1 Å². The molecular formula is C28H40N2O4. The van der Waals surface area contributed by atoms with Gasteiger partial charge in [-0.1, -0.05) is 0 Å². The Morgan fingerprint density at radius 1 is 1.09 bits per heavy atom. The van der Waals surface area contributed by atoms with Crippen LogP contribution in [0.1, 0.15) is 57.3 Å². The average Bonchev–Trinajstić information content (AvgIpc) is 2.86. The third-order valence-electron chi connectivity index (χ3n) is 8.18. The largest absolute Gasteiger partial charge is 0.497 e. The molecule has 34 heavy (non-hydrogen) atoms. The third-order valence-corrected chi connectivity index (χ3v) is 8.18. The minimum absolute atomic E-state index is 0.0975. The van der Waals surface area contributed by atoms with Crippen LogP contribution in [0.5, 0.6) is 5.75 Å². The molecule has 2 aliphatic heterocycles. The molecule has 1 aliphatic carbocycles. The van der Waals surface area contributed by atoms with E-state index in [0.29, 0.717) is 0 Å². The van der Waals surface area contributed by atoms with E-state index >= 15 is 0 Å². The van der Waals surface area contributed by atoms with Crippen molar-refractivity contribution in [1.82, 2.24) is 9.80 Å². The van der Waals surface area contributed by atoms with Crippen molar-refractivity contribution in [3.05, 3.63) is 52.8 Å². The number of hydrogen-bond donors (Lipinski definition) is 0. The molecule has 2 saturated heterocycles. The van der Waals surface area contributed by atoms with E-state index in [4.69, 9.17) is 14.2 Å². The number of carbonyl (C=O) groups is 1. The molecule has 0 aromatic heterocycles. The molecule has 186 valence electrons. The summed E-state index contributed by atoms with van der Waals surface area (Å²) >= 11 is 0. The number of piperazine rings is 1.